The molecule has 1 atom stereocenters. The van der Waals surface area contributed by atoms with E-state index in [1.165, 1.54) is 5.56 Å². The van der Waals surface area contributed by atoms with Crippen LogP contribution in [0, 0.1) is 0 Å². The van der Waals surface area contributed by atoms with Crippen LogP contribution in [0.2, 0.25) is 0 Å². The lowest BCUT2D eigenvalue weighted by molar-refractivity contribution is 0.0694. The smallest absolute Gasteiger partial charge is 0.191 e. The Morgan fingerprint density at radius 1 is 1.38 bits per heavy atom. The maximum absolute atomic E-state index is 6.05. The van der Waals surface area contributed by atoms with Gasteiger partial charge in [-0.05, 0) is 26.3 Å². The summed E-state index contributed by atoms with van der Waals surface area (Å²) in [4.78, 5) is 4.29. The lowest BCUT2D eigenvalue weighted by Crippen LogP contribution is -2.45. The zero-order valence-corrected chi connectivity index (χ0v) is 15.6. The van der Waals surface area contributed by atoms with Crippen molar-refractivity contribution in [1.82, 2.24) is 10.6 Å². The largest absolute Gasteiger partial charge is 0.487 e. The molecule has 0 radical (unpaired) electrons. The average molecular weight is 403 g/mol. The minimum atomic E-state index is -0.171. The van der Waals surface area contributed by atoms with Crippen molar-refractivity contribution in [2.45, 2.75) is 45.3 Å². The summed E-state index contributed by atoms with van der Waals surface area (Å²) in [6.07, 6.45) is 1.99. The molecule has 0 bridgehead atoms. The summed E-state index contributed by atoms with van der Waals surface area (Å²) in [5, 5.41) is 6.83. The van der Waals surface area contributed by atoms with E-state index in [1.807, 2.05) is 12.1 Å². The van der Waals surface area contributed by atoms with Gasteiger partial charge >= 0.3 is 0 Å². The SMILES string of the molecule is CCCNC(=NC)NC1CC(C)(C)Oc2ccccc21.I. The van der Waals surface area contributed by atoms with E-state index in [2.05, 4.69) is 48.5 Å². The molecule has 1 aliphatic rings. The van der Waals surface area contributed by atoms with Crippen molar-refractivity contribution < 1.29 is 4.74 Å². The summed E-state index contributed by atoms with van der Waals surface area (Å²) in [5.41, 5.74) is 1.03. The number of nitrogens with one attached hydrogen (secondary N) is 2. The first kappa shape index (κ1) is 18.1. The van der Waals surface area contributed by atoms with Crippen LogP contribution >= 0.6 is 24.0 Å². The molecule has 4 nitrogen and oxygen atoms in total. The van der Waals surface area contributed by atoms with Crippen molar-refractivity contribution in [2.75, 3.05) is 13.6 Å². The first-order valence-corrected chi connectivity index (χ1v) is 7.31. The summed E-state index contributed by atoms with van der Waals surface area (Å²) >= 11 is 0. The van der Waals surface area contributed by atoms with Crippen molar-refractivity contribution >= 4 is 29.9 Å². The third-order valence-corrected chi connectivity index (χ3v) is 3.45. The van der Waals surface area contributed by atoms with Gasteiger partial charge in [0.15, 0.2) is 5.96 Å². The summed E-state index contributed by atoms with van der Waals surface area (Å²) in [6.45, 7) is 7.32. The van der Waals surface area contributed by atoms with Crippen LogP contribution in [0.25, 0.3) is 0 Å². The first-order valence-electron chi connectivity index (χ1n) is 7.31. The van der Waals surface area contributed by atoms with Crippen molar-refractivity contribution in [1.29, 1.82) is 0 Å². The number of ether oxygens (including phenoxy) is 1. The highest BCUT2D eigenvalue weighted by atomic mass is 127. The van der Waals surface area contributed by atoms with Gasteiger partial charge in [-0.3, -0.25) is 4.99 Å². The number of hydrogen-bond donors (Lipinski definition) is 2. The summed E-state index contributed by atoms with van der Waals surface area (Å²) in [5.74, 6) is 1.82. The number of nitrogens with zero attached hydrogens (tertiary/aromatic N) is 1. The third-order valence-electron chi connectivity index (χ3n) is 3.45. The van der Waals surface area contributed by atoms with Gasteiger partial charge < -0.3 is 15.4 Å². The molecule has 0 spiro atoms. The molecule has 0 saturated heterocycles. The molecule has 118 valence electrons. The lowest BCUT2D eigenvalue weighted by atomic mass is 9.90. The van der Waals surface area contributed by atoms with Crippen LogP contribution in [0.3, 0.4) is 0 Å². The van der Waals surface area contributed by atoms with E-state index in [0.717, 1.165) is 31.1 Å². The molecule has 1 unspecified atom stereocenters. The molecule has 0 aliphatic carbocycles. The molecule has 5 heteroatoms. The number of fused-ring (bicyclic) bond motifs is 1. The summed E-state index contributed by atoms with van der Waals surface area (Å²) < 4.78 is 6.05. The Morgan fingerprint density at radius 3 is 2.76 bits per heavy atom. The molecule has 2 N–H and O–H groups in total. The second kappa shape index (κ2) is 7.87. The molecule has 1 aromatic carbocycles. The molecule has 1 heterocycles. The highest BCUT2D eigenvalue weighted by molar-refractivity contribution is 14.0. The van der Waals surface area contributed by atoms with E-state index in [4.69, 9.17) is 4.74 Å². The van der Waals surface area contributed by atoms with Crippen LogP contribution in [-0.4, -0.2) is 25.2 Å². The van der Waals surface area contributed by atoms with Crippen molar-refractivity contribution in [3.63, 3.8) is 0 Å². The molecule has 21 heavy (non-hydrogen) atoms. The van der Waals surface area contributed by atoms with Gasteiger partial charge in [-0.15, -0.1) is 24.0 Å². The van der Waals surface area contributed by atoms with E-state index in [-0.39, 0.29) is 35.6 Å². The second-order valence-electron chi connectivity index (χ2n) is 5.80. The maximum atomic E-state index is 6.05. The highest BCUT2D eigenvalue weighted by Gasteiger charge is 2.33. The van der Waals surface area contributed by atoms with E-state index in [0.29, 0.717) is 0 Å². The normalized spacial score (nSPS) is 19.8. The number of aliphatic imine (C=N–C) groups is 1. The van der Waals surface area contributed by atoms with Gasteiger partial charge in [0.25, 0.3) is 0 Å². The number of guanidine groups is 1. The Bertz CT molecular complexity index is 488. The topological polar surface area (TPSA) is 45.7 Å². The predicted molar refractivity (Wildman–Crippen MR) is 98.7 cm³/mol. The molecule has 1 aromatic rings. The molecular formula is C16H26IN3O. The van der Waals surface area contributed by atoms with E-state index >= 15 is 0 Å². The van der Waals surface area contributed by atoms with Gasteiger partial charge in [0.1, 0.15) is 11.4 Å². The van der Waals surface area contributed by atoms with Crippen molar-refractivity contribution in [2.24, 2.45) is 4.99 Å². The predicted octanol–water partition coefficient (Wildman–Crippen LogP) is 3.48. The van der Waals surface area contributed by atoms with Crippen LogP contribution in [0.5, 0.6) is 5.75 Å². The fraction of sp³-hybridized carbons (Fsp3) is 0.562. The Balaban J connectivity index is 0.00000220. The van der Waals surface area contributed by atoms with Gasteiger partial charge in [-0.1, -0.05) is 25.1 Å². The fourth-order valence-electron chi connectivity index (χ4n) is 2.53. The average Bonchev–Trinajstić information content (AvgIpc) is 2.42. The minimum absolute atomic E-state index is 0. The number of halogens is 1. The molecule has 0 amide bonds. The van der Waals surface area contributed by atoms with Gasteiger partial charge in [-0.2, -0.15) is 0 Å². The second-order valence-corrected chi connectivity index (χ2v) is 5.80. The van der Waals surface area contributed by atoms with Crippen molar-refractivity contribution in [3.05, 3.63) is 29.8 Å². The molecule has 0 aromatic heterocycles. The van der Waals surface area contributed by atoms with Crippen molar-refractivity contribution in [3.8, 4) is 5.75 Å². The zero-order chi connectivity index (χ0) is 14.6. The first-order chi connectivity index (χ1) is 9.55. The standard InChI is InChI=1S/C16H25N3O.HI/c1-5-10-18-15(17-4)19-13-11-16(2,3)20-14-9-7-6-8-12(13)14;/h6-9,13H,5,10-11H2,1-4H3,(H2,17,18,19);1H. The van der Waals surface area contributed by atoms with E-state index < -0.39 is 0 Å². The molecule has 2 rings (SSSR count). The third kappa shape index (κ3) is 4.76. The molecule has 0 saturated carbocycles. The van der Waals surface area contributed by atoms with Gasteiger partial charge in [0.2, 0.25) is 0 Å². The summed E-state index contributed by atoms with van der Waals surface area (Å²) in [7, 11) is 1.81. The van der Waals surface area contributed by atoms with Crippen LogP contribution in [0.4, 0.5) is 0 Å². The molecule has 0 fully saturated rings. The quantitative estimate of drug-likeness (QED) is 0.462. The Kier molecular flexibility index (Phi) is 6.77. The Labute approximate surface area is 144 Å². The lowest BCUT2D eigenvalue weighted by Gasteiger charge is -2.38. The van der Waals surface area contributed by atoms with Gasteiger partial charge in [-0.25, -0.2) is 0 Å². The van der Waals surface area contributed by atoms with Gasteiger partial charge in [0, 0.05) is 25.6 Å². The van der Waals surface area contributed by atoms with Crippen LogP contribution in [0.15, 0.2) is 29.3 Å². The van der Waals surface area contributed by atoms with Gasteiger partial charge in [0.05, 0.1) is 6.04 Å². The van der Waals surface area contributed by atoms with E-state index in [9.17, 15) is 0 Å². The number of hydrogen-bond acceptors (Lipinski definition) is 2. The molecule has 1 aliphatic heterocycles. The number of rotatable bonds is 3. The zero-order valence-electron chi connectivity index (χ0n) is 13.3. The minimum Gasteiger partial charge on any atom is -0.487 e. The maximum Gasteiger partial charge on any atom is 0.191 e. The van der Waals surface area contributed by atoms with E-state index in [1.54, 1.807) is 7.05 Å². The highest BCUT2D eigenvalue weighted by Crippen LogP contribution is 2.39. The Morgan fingerprint density at radius 2 is 2.10 bits per heavy atom. The van der Waals surface area contributed by atoms with Crippen LogP contribution < -0.4 is 15.4 Å². The van der Waals surface area contributed by atoms with Crippen LogP contribution in [0.1, 0.15) is 45.2 Å². The monoisotopic (exact) mass is 403 g/mol. The number of benzene rings is 1. The van der Waals surface area contributed by atoms with Crippen LogP contribution in [-0.2, 0) is 0 Å². The Hall–Kier alpha value is -0.980. The fourth-order valence-corrected chi connectivity index (χ4v) is 2.53. The number of para-hydroxylation sites is 1. The summed E-state index contributed by atoms with van der Waals surface area (Å²) in [6, 6.07) is 8.44. The molecular weight excluding hydrogens is 377 g/mol.